The second-order valence-electron chi connectivity index (χ2n) is 9.25. The van der Waals surface area contributed by atoms with Crippen LogP contribution in [-0.4, -0.2) is 0 Å². The van der Waals surface area contributed by atoms with Crippen molar-refractivity contribution >= 4 is 21.5 Å². The molecule has 4 rings (SSSR count). The summed E-state index contributed by atoms with van der Waals surface area (Å²) in [4.78, 5) is 0. The number of hydrogen-bond donors (Lipinski definition) is 0. The van der Waals surface area contributed by atoms with Crippen molar-refractivity contribution in [3.05, 3.63) is 77.9 Å². The molecule has 0 unspecified atom stereocenters. The van der Waals surface area contributed by atoms with E-state index in [0.717, 1.165) is 6.42 Å². The molecule has 0 radical (unpaired) electrons. The van der Waals surface area contributed by atoms with E-state index in [1.807, 2.05) is 12.2 Å². The van der Waals surface area contributed by atoms with Gasteiger partial charge in [0.15, 0.2) is 0 Å². The summed E-state index contributed by atoms with van der Waals surface area (Å²) in [7, 11) is 0. The normalized spacial score (nSPS) is 12.6. The van der Waals surface area contributed by atoms with Crippen molar-refractivity contribution in [2.75, 3.05) is 0 Å². The number of fused-ring (bicyclic) bond motifs is 3. The van der Waals surface area contributed by atoms with Crippen LogP contribution < -0.4 is 24.8 Å². The average Bonchev–Trinajstić information content (AvgIpc) is 3.23. The molecule has 0 N–H and O–H groups in total. The zero-order valence-corrected chi connectivity index (χ0v) is 23.3. The van der Waals surface area contributed by atoms with Crippen LogP contribution in [0.2, 0.25) is 0 Å². The molecule has 0 nitrogen and oxygen atoms in total. The molecule has 0 spiro atoms. The number of rotatable bonds is 0. The number of halogens is 2. The molecule has 0 bridgehead atoms. The van der Waals surface area contributed by atoms with Gasteiger partial charge in [-0.15, -0.1) is 46.2 Å². The topological polar surface area (TPSA) is 0 Å². The maximum absolute atomic E-state index is 2.99. The molecular formula is C26H30Cl2Hf. The van der Waals surface area contributed by atoms with Crippen LogP contribution in [0.25, 0.3) is 21.5 Å². The fraction of sp³-hybridized carbons (Fsp3) is 0.346. The molecule has 0 aliphatic heterocycles. The summed E-state index contributed by atoms with van der Waals surface area (Å²) < 4.78 is 0. The molecule has 1 aliphatic rings. The Kier molecular flexibility index (Phi) is 10.7. The molecule has 152 valence electrons. The maximum Gasteiger partial charge on any atom is 4.00 e. The van der Waals surface area contributed by atoms with Gasteiger partial charge >= 0.3 is 25.8 Å². The second-order valence-corrected chi connectivity index (χ2v) is 9.25. The van der Waals surface area contributed by atoms with Crippen molar-refractivity contribution in [3.63, 3.8) is 0 Å². The molecule has 0 aromatic heterocycles. The van der Waals surface area contributed by atoms with E-state index < -0.39 is 0 Å². The number of allylic oxidation sites excluding steroid dienone is 4. The van der Waals surface area contributed by atoms with Gasteiger partial charge in [0, 0.05) is 0 Å². The molecule has 3 aromatic rings. The van der Waals surface area contributed by atoms with E-state index in [1.165, 1.54) is 32.7 Å². The van der Waals surface area contributed by atoms with Gasteiger partial charge in [0.1, 0.15) is 0 Å². The largest absolute Gasteiger partial charge is 4.00 e. The standard InChI is InChI=1S/C21H25.C5H5.2ClH.Hf/c1-20(2,3)16-7-9-18-14(12-16)11-15-13-17(21(4,5)6)8-10-19(15)18;1-2-4-5-3-1;;;/h7-13H,1-6H3;1-3H,4H2;2*1H;/q2*-1;;;+4/p-2. The molecular weight excluding hydrogens is 562 g/mol. The first-order valence-corrected chi connectivity index (χ1v) is 9.52. The maximum atomic E-state index is 2.99. The molecule has 0 fully saturated rings. The summed E-state index contributed by atoms with van der Waals surface area (Å²) in [6.45, 7) is 13.6. The van der Waals surface area contributed by atoms with E-state index in [-0.39, 0.29) is 61.5 Å². The quantitative estimate of drug-likeness (QED) is 0.276. The van der Waals surface area contributed by atoms with Gasteiger partial charge in [0.25, 0.3) is 0 Å². The first-order valence-electron chi connectivity index (χ1n) is 9.52. The first kappa shape index (κ1) is 28.2. The number of benzene rings is 2. The van der Waals surface area contributed by atoms with E-state index in [9.17, 15) is 0 Å². The Morgan fingerprint density at radius 3 is 1.48 bits per heavy atom. The average molecular weight is 592 g/mol. The van der Waals surface area contributed by atoms with Gasteiger partial charge in [-0.05, 0) is 10.8 Å². The van der Waals surface area contributed by atoms with Gasteiger partial charge in [-0.1, -0.05) is 76.9 Å². The molecule has 0 amide bonds. The third-order valence-electron chi connectivity index (χ3n) is 5.02. The molecule has 3 heteroatoms. The van der Waals surface area contributed by atoms with Crippen molar-refractivity contribution in [2.45, 2.75) is 58.8 Å². The smallest absolute Gasteiger partial charge is 1.00 e. The third-order valence-corrected chi connectivity index (χ3v) is 5.02. The summed E-state index contributed by atoms with van der Waals surface area (Å²) in [6, 6.07) is 16.2. The van der Waals surface area contributed by atoms with E-state index in [4.69, 9.17) is 0 Å². The van der Waals surface area contributed by atoms with Crippen LogP contribution in [0.1, 0.15) is 59.1 Å². The third kappa shape index (κ3) is 6.88. The van der Waals surface area contributed by atoms with Crippen molar-refractivity contribution in [3.8, 4) is 0 Å². The Morgan fingerprint density at radius 2 is 1.21 bits per heavy atom. The van der Waals surface area contributed by atoms with Gasteiger partial charge in [0.2, 0.25) is 0 Å². The molecule has 0 saturated carbocycles. The van der Waals surface area contributed by atoms with Crippen LogP contribution in [0.4, 0.5) is 0 Å². The molecule has 0 heterocycles. The van der Waals surface area contributed by atoms with E-state index in [0.29, 0.717) is 0 Å². The van der Waals surface area contributed by atoms with Gasteiger partial charge < -0.3 is 24.8 Å². The van der Waals surface area contributed by atoms with Crippen LogP contribution >= 0.6 is 0 Å². The zero-order chi connectivity index (χ0) is 18.9. The Morgan fingerprint density at radius 1 is 0.759 bits per heavy atom. The van der Waals surface area contributed by atoms with Crippen molar-refractivity contribution in [1.29, 1.82) is 0 Å². The summed E-state index contributed by atoms with van der Waals surface area (Å²) >= 11 is 0. The minimum absolute atomic E-state index is 0. The van der Waals surface area contributed by atoms with Crippen LogP contribution in [0.5, 0.6) is 0 Å². The SMILES string of the molecule is CC(C)(C)c1ccc2c(c1)[cH-]c1cc(C(C)(C)C)ccc12.[C-]1=CC=CC1.[Cl-].[Cl-].[Hf+4]. The van der Waals surface area contributed by atoms with Crippen molar-refractivity contribution in [2.24, 2.45) is 0 Å². The Bertz CT molecular complexity index is 901. The summed E-state index contributed by atoms with van der Waals surface area (Å²) in [6.07, 6.45) is 10.0. The van der Waals surface area contributed by atoms with E-state index >= 15 is 0 Å². The van der Waals surface area contributed by atoms with Crippen molar-refractivity contribution < 1.29 is 50.7 Å². The molecule has 3 aromatic carbocycles. The van der Waals surface area contributed by atoms with E-state index in [2.05, 4.69) is 96.2 Å². The fourth-order valence-corrected chi connectivity index (χ4v) is 3.30. The van der Waals surface area contributed by atoms with Crippen molar-refractivity contribution in [1.82, 2.24) is 0 Å². The minimum atomic E-state index is 0. The summed E-state index contributed by atoms with van der Waals surface area (Å²) in [5, 5.41) is 5.48. The molecule has 1 aliphatic carbocycles. The summed E-state index contributed by atoms with van der Waals surface area (Å²) in [5.74, 6) is 0. The van der Waals surface area contributed by atoms with Gasteiger partial charge in [-0.2, -0.15) is 6.08 Å². The predicted octanol–water partition coefficient (Wildman–Crippen LogP) is 1.62. The van der Waals surface area contributed by atoms with Gasteiger partial charge in [0.05, 0.1) is 0 Å². The Balaban J connectivity index is 0.000000863. The van der Waals surface area contributed by atoms with Crippen LogP contribution in [-0.2, 0) is 36.7 Å². The Hall–Kier alpha value is -0.760. The zero-order valence-electron chi connectivity index (χ0n) is 18.2. The summed E-state index contributed by atoms with van der Waals surface area (Å²) in [5.41, 5.74) is 3.21. The van der Waals surface area contributed by atoms with Crippen LogP contribution in [0.3, 0.4) is 0 Å². The molecule has 29 heavy (non-hydrogen) atoms. The van der Waals surface area contributed by atoms with Crippen LogP contribution in [0.15, 0.2) is 60.7 Å². The monoisotopic (exact) mass is 592 g/mol. The molecule has 0 saturated heterocycles. The predicted molar refractivity (Wildman–Crippen MR) is 116 cm³/mol. The fourth-order valence-electron chi connectivity index (χ4n) is 3.30. The van der Waals surface area contributed by atoms with Crippen LogP contribution in [0, 0.1) is 6.08 Å². The number of hydrogen-bond acceptors (Lipinski definition) is 0. The van der Waals surface area contributed by atoms with Gasteiger partial charge in [-0.3, -0.25) is 6.08 Å². The first-order chi connectivity index (χ1) is 12.2. The molecule has 0 atom stereocenters. The second kappa shape index (κ2) is 11.0. The van der Waals surface area contributed by atoms with Gasteiger partial charge in [-0.25, -0.2) is 12.2 Å². The Labute approximate surface area is 207 Å². The minimum Gasteiger partial charge on any atom is -1.00 e. The van der Waals surface area contributed by atoms with E-state index in [1.54, 1.807) is 0 Å².